The molecule has 0 heterocycles. The van der Waals surface area contributed by atoms with Gasteiger partial charge in [0.2, 0.25) is 5.91 Å². The highest BCUT2D eigenvalue weighted by atomic mass is 16.5. The normalized spacial score (nSPS) is 12.9. The van der Waals surface area contributed by atoms with Crippen LogP contribution >= 0.6 is 0 Å². The Morgan fingerprint density at radius 3 is 1.11 bits per heavy atom. The number of rotatable bonds is 58. The van der Waals surface area contributed by atoms with Gasteiger partial charge in [-0.05, 0) is 89.9 Å². The van der Waals surface area contributed by atoms with Gasteiger partial charge in [-0.25, -0.2) is 0 Å². The Kier molecular flexibility index (Phi) is 58.5. The van der Waals surface area contributed by atoms with E-state index in [4.69, 9.17) is 4.74 Å². The van der Waals surface area contributed by atoms with E-state index in [1.165, 1.54) is 250 Å². The molecule has 0 rings (SSSR count). The van der Waals surface area contributed by atoms with Gasteiger partial charge in [0.1, 0.15) is 0 Å². The molecule has 0 fully saturated rings. The highest BCUT2D eigenvalue weighted by Crippen LogP contribution is 2.17. The number of allylic oxidation sites excluding steroid dienone is 7. The van der Waals surface area contributed by atoms with Gasteiger partial charge in [-0.15, -0.1) is 0 Å². The van der Waals surface area contributed by atoms with Crippen LogP contribution in [0.1, 0.15) is 328 Å². The summed E-state index contributed by atoms with van der Waals surface area (Å²) in [5.74, 6) is -0.0673. The summed E-state index contributed by atoms with van der Waals surface area (Å²) in [5, 5.41) is 23.0. The lowest BCUT2D eigenvalue weighted by Gasteiger charge is -2.20. The van der Waals surface area contributed by atoms with Crippen molar-refractivity contribution >= 4 is 11.9 Å². The molecule has 0 aromatic heterocycles. The molecule has 0 aliphatic carbocycles. The first kappa shape index (κ1) is 68.8. The van der Waals surface area contributed by atoms with Gasteiger partial charge in [-0.3, -0.25) is 9.59 Å². The molecule has 2 unspecified atom stereocenters. The summed E-state index contributed by atoms with van der Waals surface area (Å²) in [6, 6.07) is -0.626. The number of carbonyl (C=O) groups excluding carboxylic acids is 2. The first-order valence-corrected chi connectivity index (χ1v) is 31.4. The molecule has 6 nitrogen and oxygen atoms in total. The fourth-order valence-electron chi connectivity index (χ4n) is 9.48. The van der Waals surface area contributed by atoms with Crippen molar-refractivity contribution in [3.8, 4) is 0 Å². The van der Waals surface area contributed by atoms with Crippen LogP contribution < -0.4 is 5.32 Å². The Morgan fingerprint density at radius 2 is 0.704 bits per heavy atom. The number of hydrogen-bond donors (Lipinski definition) is 3. The molecule has 0 saturated carbocycles. The molecule has 0 aliphatic rings. The fourth-order valence-corrected chi connectivity index (χ4v) is 9.48. The quantitative estimate of drug-likeness (QED) is 0.0321. The highest BCUT2D eigenvalue weighted by Gasteiger charge is 2.18. The Hall–Kier alpha value is -2.18. The second-order valence-corrected chi connectivity index (χ2v) is 21.4. The maximum absolute atomic E-state index is 12.4. The summed E-state index contributed by atoms with van der Waals surface area (Å²) in [7, 11) is 0. The third-order valence-electron chi connectivity index (χ3n) is 14.3. The zero-order valence-corrected chi connectivity index (χ0v) is 47.5. The fraction of sp³-hybridized carbons (Fsp3) is 0.846. The van der Waals surface area contributed by atoms with E-state index < -0.39 is 12.1 Å². The number of carbonyl (C=O) groups is 2. The molecule has 0 spiro atoms. The smallest absolute Gasteiger partial charge is 0.305 e. The van der Waals surface area contributed by atoms with Crippen molar-refractivity contribution in [3.05, 3.63) is 48.6 Å². The van der Waals surface area contributed by atoms with Crippen LogP contribution in [0.2, 0.25) is 0 Å². The molecule has 2 atom stereocenters. The summed E-state index contributed by atoms with van der Waals surface area (Å²) < 4.78 is 5.48. The maximum atomic E-state index is 12.4. The second-order valence-electron chi connectivity index (χ2n) is 21.4. The van der Waals surface area contributed by atoms with E-state index in [0.29, 0.717) is 19.4 Å². The van der Waals surface area contributed by atoms with Crippen molar-refractivity contribution in [1.82, 2.24) is 5.32 Å². The molecule has 0 aliphatic heterocycles. The number of aliphatic hydroxyl groups is 2. The average Bonchev–Trinajstić information content (AvgIpc) is 3.37. The number of ether oxygens (including phenoxy) is 1. The lowest BCUT2D eigenvalue weighted by molar-refractivity contribution is -0.143. The number of nitrogens with one attached hydrogen (secondary N) is 1. The molecule has 71 heavy (non-hydrogen) atoms. The largest absolute Gasteiger partial charge is 0.466 e. The first-order chi connectivity index (χ1) is 35.0. The van der Waals surface area contributed by atoms with Crippen LogP contribution in [0.5, 0.6) is 0 Å². The predicted molar refractivity (Wildman–Crippen MR) is 310 cm³/mol. The van der Waals surface area contributed by atoms with Gasteiger partial charge in [-0.2, -0.15) is 0 Å². The van der Waals surface area contributed by atoms with Crippen LogP contribution in [0.3, 0.4) is 0 Å². The molecule has 3 N–H and O–H groups in total. The molecule has 6 heteroatoms. The summed E-state index contributed by atoms with van der Waals surface area (Å²) in [6.45, 7) is 4.86. The topological polar surface area (TPSA) is 95.9 Å². The van der Waals surface area contributed by atoms with Crippen LogP contribution in [0.15, 0.2) is 48.6 Å². The van der Waals surface area contributed by atoms with E-state index in [-0.39, 0.29) is 18.5 Å². The number of aliphatic hydroxyl groups excluding tert-OH is 2. The third-order valence-corrected chi connectivity index (χ3v) is 14.3. The van der Waals surface area contributed by atoms with Gasteiger partial charge in [0.05, 0.1) is 25.4 Å². The van der Waals surface area contributed by atoms with Crippen molar-refractivity contribution in [3.63, 3.8) is 0 Å². The van der Waals surface area contributed by atoms with Crippen LogP contribution in [0.4, 0.5) is 0 Å². The second kappa shape index (κ2) is 60.4. The molecule has 0 aromatic carbocycles. The van der Waals surface area contributed by atoms with Gasteiger partial charge in [0.25, 0.3) is 0 Å². The number of hydrogen-bond acceptors (Lipinski definition) is 5. The molecule has 1 amide bonds. The number of esters is 1. The van der Waals surface area contributed by atoms with Crippen LogP contribution in [-0.2, 0) is 14.3 Å². The van der Waals surface area contributed by atoms with Gasteiger partial charge in [-0.1, -0.05) is 274 Å². The average molecular weight is 997 g/mol. The molecule has 0 radical (unpaired) electrons. The van der Waals surface area contributed by atoms with E-state index in [0.717, 1.165) is 51.4 Å². The highest BCUT2D eigenvalue weighted by molar-refractivity contribution is 5.76. The minimum atomic E-state index is -0.842. The van der Waals surface area contributed by atoms with Crippen molar-refractivity contribution in [2.75, 3.05) is 13.2 Å². The number of unbranched alkanes of at least 4 members (excludes halogenated alkanes) is 41. The SMILES string of the molecule is CCCCC/C=C\C/C=C\CCCCCCCC(=O)OCCCCCCCCCCCCCC/C=C\CCCCCCCCCCCCCCCC(=O)NC(CO)C(O)/C=C/CCCCCCCCCC. The van der Waals surface area contributed by atoms with Gasteiger partial charge >= 0.3 is 5.97 Å². The molecule has 0 bridgehead atoms. The van der Waals surface area contributed by atoms with E-state index in [1.807, 2.05) is 6.08 Å². The first-order valence-electron chi connectivity index (χ1n) is 31.4. The van der Waals surface area contributed by atoms with Crippen molar-refractivity contribution < 1.29 is 24.5 Å². The van der Waals surface area contributed by atoms with Gasteiger partial charge < -0.3 is 20.3 Å². The Bertz CT molecular complexity index is 1190. The molecular formula is C65H121NO5. The van der Waals surface area contributed by atoms with Crippen LogP contribution in [0.25, 0.3) is 0 Å². The van der Waals surface area contributed by atoms with E-state index in [1.54, 1.807) is 6.08 Å². The lowest BCUT2D eigenvalue weighted by Crippen LogP contribution is -2.45. The summed E-state index contributed by atoms with van der Waals surface area (Å²) in [5.41, 5.74) is 0. The van der Waals surface area contributed by atoms with E-state index in [2.05, 4.69) is 55.6 Å². The van der Waals surface area contributed by atoms with Crippen LogP contribution in [0, 0.1) is 0 Å². The molecular weight excluding hydrogens is 875 g/mol. The summed E-state index contributed by atoms with van der Waals surface area (Å²) in [4.78, 5) is 24.5. The Morgan fingerprint density at radius 1 is 0.394 bits per heavy atom. The molecule has 0 aromatic rings. The third kappa shape index (κ3) is 57.0. The zero-order chi connectivity index (χ0) is 51.4. The predicted octanol–water partition coefficient (Wildman–Crippen LogP) is 19.7. The standard InChI is InChI=1S/C65H121NO5/c1-3-5-7-9-11-13-15-16-32-36-39-43-47-51-55-59-65(70)71-60-56-52-48-44-40-37-34-31-29-27-25-23-21-19-17-18-20-22-24-26-28-30-33-35-38-42-46-50-54-58-64(69)66-62(61-67)63(68)57-53-49-45-41-14-12-10-8-6-4-2/h11,13,16-17,19,32,53,57,62-63,67-68H,3-10,12,14-15,18,20-31,33-52,54-56,58-61H2,1-2H3,(H,66,69)/b13-11-,19-17-,32-16-,57-53+. The number of amides is 1. The lowest BCUT2D eigenvalue weighted by atomic mass is 10.0. The van der Waals surface area contributed by atoms with E-state index in [9.17, 15) is 19.8 Å². The van der Waals surface area contributed by atoms with Gasteiger partial charge in [0.15, 0.2) is 0 Å². The molecule has 0 saturated heterocycles. The minimum absolute atomic E-state index is 0.00169. The minimum Gasteiger partial charge on any atom is -0.466 e. The van der Waals surface area contributed by atoms with Gasteiger partial charge in [0, 0.05) is 12.8 Å². The summed E-state index contributed by atoms with van der Waals surface area (Å²) in [6.07, 6.45) is 77.4. The van der Waals surface area contributed by atoms with E-state index >= 15 is 0 Å². The monoisotopic (exact) mass is 996 g/mol. The summed E-state index contributed by atoms with van der Waals surface area (Å²) >= 11 is 0. The zero-order valence-electron chi connectivity index (χ0n) is 47.5. The Balaban J connectivity index is 3.37. The van der Waals surface area contributed by atoms with Crippen molar-refractivity contribution in [1.29, 1.82) is 0 Å². The van der Waals surface area contributed by atoms with Crippen molar-refractivity contribution in [2.45, 2.75) is 341 Å². The maximum Gasteiger partial charge on any atom is 0.305 e. The Labute approximate surface area is 442 Å². The molecule has 416 valence electrons. The van der Waals surface area contributed by atoms with Crippen molar-refractivity contribution in [2.24, 2.45) is 0 Å². The van der Waals surface area contributed by atoms with Crippen LogP contribution in [-0.4, -0.2) is 47.4 Å².